The highest BCUT2D eigenvalue weighted by Crippen LogP contribution is 2.23. The fraction of sp³-hybridized carbons (Fsp3) is 0.500. The molecular weight excluding hydrogens is 250 g/mol. The average molecular weight is 273 g/mol. The van der Waals surface area contributed by atoms with E-state index in [0.717, 1.165) is 17.5 Å². The molecule has 108 valence electrons. The maximum atomic E-state index is 11.7. The van der Waals surface area contributed by atoms with E-state index in [1.54, 1.807) is 19.0 Å². The van der Waals surface area contributed by atoms with E-state index in [-0.39, 0.29) is 5.91 Å². The van der Waals surface area contributed by atoms with Crippen LogP contribution in [0.5, 0.6) is 0 Å². The van der Waals surface area contributed by atoms with Gasteiger partial charge in [-0.1, -0.05) is 19.9 Å². The zero-order valence-corrected chi connectivity index (χ0v) is 12.7. The molecular formula is C16H23N3O. The van der Waals surface area contributed by atoms with E-state index in [2.05, 4.69) is 19.9 Å². The van der Waals surface area contributed by atoms with Crippen molar-refractivity contribution in [3.8, 4) is 6.07 Å². The second-order valence-electron chi connectivity index (χ2n) is 5.71. The third-order valence-corrected chi connectivity index (χ3v) is 3.20. The van der Waals surface area contributed by atoms with E-state index in [1.807, 2.05) is 12.1 Å². The standard InChI is InChI=1S/C16H23N3O/c1-11(2)7-12-8-13(5-6-15(20)19(3)4)16(18)14(9-12)10-17/h8-9,11H,5-7,18H2,1-4H3. The van der Waals surface area contributed by atoms with Crippen molar-refractivity contribution in [2.45, 2.75) is 33.1 Å². The smallest absolute Gasteiger partial charge is 0.222 e. The number of hydrogen-bond acceptors (Lipinski definition) is 3. The first-order valence-electron chi connectivity index (χ1n) is 6.86. The second kappa shape index (κ2) is 6.95. The van der Waals surface area contributed by atoms with Gasteiger partial charge in [0.2, 0.25) is 5.91 Å². The predicted molar refractivity (Wildman–Crippen MR) is 81.1 cm³/mol. The number of nitrogen functional groups attached to an aromatic ring is 1. The molecule has 0 atom stereocenters. The monoisotopic (exact) mass is 273 g/mol. The first-order valence-corrected chi connectivity index (χ1v) is 6.86. The molecule has 0 aliphatic carbocycles. The van der Waals surface area contributed by atoms with E-state index in [4.69, 9.17) is 11.0 Å². The van der Waals surface area contributed by atoms with Crippen LogP contribution in [0.15, 0.2) is 12.1 Å². The minimum Gasteiger partial charge on any atom is -0.397 e. The van der Waals surface area contributed by atoms with Gasteiger partial charge < -0.3 is 10.6 Å². The van der Waals surface area contributed by atoms with Crippen molar-refractivity contribution in [3.63, 3.8) is 0 Å². The third kappa shape index (κ3) is 4.27. The van der Waals surface area contributed by atoms with Crippen LogP contribution < -0.4 is 5.73 Å². The molecule has 1 aromatic carbocycles. The van der Waals surface area contributed by atoms with Gasteiger partial charge in [-0.3, -0.25) is 4.79 Å². The van der Waals surface area contributed by atoms with Crippen LogP contribution in [-0.4, -0.2) is 24.9 Å². The molecule has 1 rings (SSSR count). The molecule has 0 saturated heterocycles. The lowest BCUT2D eigenvalue weighted by Crippen LogP contribution is -2.22. The molecule has 4 heteroatoms. The van der Waals surface area contributed by atoms with Crippen LogP contribution >= 0.6 is 0 Å². The Kier molecular flexibility index (Phi) is 5.57. The predicted octanol–water partition coefficient (Wildman–Crippen LogP) is 2.36. The normalized spacial score (nSPS) is 10.4. The van der Waals surface area contributed by atoms with Gasteiger partial charge in [0.05, 0.1) is 11.3 Å². The number of nitrogens with zero attached hydrogens (tertiary/aromatic N) is 2. The molecule has 2 N–H and O–H groups in total. The molecule has 0 bridgehead atoms. The lowest BCUT2D eigenvalue weighted by atomic mass is 9.95. The van der Waals surface area contributed by atoms with Gasteiger partial charge in [0.15, 0.2) is 0 Å². The summed E-state index contributed by atoms with van der Waals surface area (Å²) in [5.41, 5.74) is 9.03. The van der Waals surface area contributed by atoms with Gasteiger partial charge in [0, 0.05) is 20.5 Å². The fourth-order valence-corrected chi connectivity index (χ4v) is 2.13. The Morgan fingerprint density at radius 3 is 2.55 bits per heavy atom. The van der Waals surface area contributed by atoms with Crippen LogP contribution in [0, 0.1) is 17.2 Å². The van der Waals surface area contributed by atoms with Crippen molar-refractivity contribution in [2.24, 2.45) is 5.92 Å². The molecule has 1 aromatic rings. The van der Waals surface area contributed by atoms with Gasteiger partial charge in [-0.2, -0.15) is 5.26 Å². The molecule has 0 aliphatic rings. The number of amides is 1. The Morgan fingerprint density at radius 1 is 1.40 bits per heavy atom. The molecule has 4 nitrogen and oxygen atoms in total. The highest BCUT2D eigenvalue weighted by Gasteiger charge is 2.11. The number of carbonyl (C=O) groups excluding carboxylic acids is 1. The highest BCUT2D eigenvalue weighted by atomic mass is 16.2. The van der Waals surface area contributed by atoms with E-state index >= 15 is 0 Å². The van der Waals surface area contributed by atoms with Gasteiger partial charge in [-0.25, -0.2) is 0 Å². The maximum Gasteiger partial charge on any atom is 0.222 e. The van der Waals surface area contributed by atoms with E-state index in [1.165, 1.54) is 0 Å². The molecule has 0 spiro atoms. The summed E-state index contributed by atoms with van der Waals surface area (Å²) in [5, 5.41) is 9.16. The van der Waals surface area contributed by atoms with E-state index < -0.39 is 0 Å². The average Bonchev–Trinajstić information content (AvgIpc) is 2.37. The van der Waals surface area contributed by atoms with Crippen molar-refractivity contribution in [1.29, 1.82) is 5.26 Å². The number of nitrogens with two attached hydrogens (primary N) is 1. The van der Waals surface area contributed by atoms with E-state index in [9.17, 15) is 4.79 Å². The molecule has 20 heavy (non-hydrogen) atoms. The minimum absolute atomic E-state index is 0.0668. The van der Waals surface area contributed by atoms with Gasteiger partial charge in [0.25, 0.3) is 0 Å². The van der Waals surface area contributed by atoms with Crippen LogP contribution in [0.1, 0.15) is 37.0 Å². The number of nitriles is 1. The summed E-state index contributed by atoms with van der Waals surface area (Å²) >= 11 is 0. The maximum absolute atomic E-state index is 11.7. The van der Waals surface area contributed by atoms with Crippen molar-refractivity contribution >= 4 is 11.6 Å². The largest absolute Gasteiger partial charge is 0.397 e. The summed E-state index contributed by atoms with van der Waals surface area (Å²) in [6, 6.07) is 6.02. The molecule has 0 unspecified atom stereocenters. The van der Waals surface area contributed by atoms with Crippen LogP contribution in [0.2, 0.25) is 0 Å². The topological polar surface area (TPSA) is 70.1 Å². The van der Waals surface area contributed by atoms with E-state index in [0.29, 0.717) is 30.0 Å². The Balaban J connectivity index is 2.99. The Morgan fingerprint density at radius 2 is 2.05 bits per heavy atom. The number of aryl methyl sites for hydroxylation is 1. The van der Waals surface area contributed by atoms with Crippen LogP contribution in [-0.2, 0) is 17.6 Å². The number of carbonyl (C=O) groups is 1. The van der Waals surface area contributed by atoms with Crippen molar-refractivity contribution in [1.82, 2.24) is 4.90 Å². The van der Waals surface area contributed by atoms with Gasteiger partial charge >= 0.3 is 0 Å². The first kappa shape index (κ1) is 16.0. The molecule has 0 saturated carbocycles. The highest BCUT2D eigenvalue weighted by molar-refractivity contribution is 5.76. The number of benzene rings is 1. The van der Waals surface area contributed by atoms with Crippen LogP contribution in [0.25, 0.3) is 0 Å². The zero-order chi connectivity index (χ0) is 15.3. The summed E-state index contributed by atoms with van der Waals surface area (Å²) in [6.45, 7) is 4.27. The minimum atomic E-state index is 0.0668. The number of rotatable bonds is 5. The summed E-state index contributed by atoms with van der Waals surface area (Å²) in [5.74, 6) is 0.582. The Bertz CT molecular complexity index is 527. The molecule has 1 amide bonds. The summed E-state index contributed by atoms with van der Waals surface area (Å²) in [4.78, 5) is 13.2. The van der Waals surface area contributed by atoms with Gasteiger partial charge in [-0.15, -0.1) is 0 Å². The SMILES string of the molecule is CC(C)Cc1cc(C#N)c(N)c(CCC(=O)N(C)C)c1. The number of hydrogen-bond donors (Lipinski definition) is 1. The molecule has 0 heterocycles. The summed E-state index contributed by atoms with van der Waals surface area (Å²) in [7, 11) is 3.48. The van der Waals surface area contributed by atoms with Gasteiger partial charge in [-0.05, 0) is 36.0 Å². The molecule has 0 radical (unpaired) electrons. The summed E-state index contributed by atoms with van der Waals surface area (Å²) < 4.78 is 0. The lowest BCUT2D eigenvalue weighted by Gasteiger charge is -2.14. The number of anilines is 1. The van der Waals surface area contributed by atoms with Crippen LogP contribution in [0.3, 0.4) is 0 Å². The lowest BCUT2D eigenvalue weighted by molar-refractivity contribution is -0.128. The van der Waals surface area contributed by atoms with Crippen LogP contribution in [0.4, 0.5) is 5.69 Å². The first-order chi connectivity index (χ1) is 9.35. The third-order valence-electron chi connectivity index (χ3n) is 3.20. The fourth-order valence-electron chi connectivity index (χ4n) is 2.13. The van der Waals surface area contributed by atoms with Crippen molar-refractivity contribution in [2.75, 3.05) is 19.8 Å². The quantitative estimate of drug-likeness (QED) is 0.837. The molecule has 0 fully saturated rings. The second-order valence-corrected chi connectivity index (χ2v) is 5.71. The zero-order valence-electron chi connectivity index (χ0n) is 12.7. The van der Waals surface area contributed by atoms with Crippen molar-refractivity contribution < 1.29 is 4.79 Å². The summed E-state index contributed by atoms with van der Waals surface area (Å²) in [6.07, 6.45) is 1.89. The van der Waals surface area contributed by atoms with Crippen molar-refractivity contribution in [3.05, 3.63) is 28.8 Å². The Hall–Kier alpha value is -2.02. The van der Waals surface area contributed by atoms with Gasteiger partial charge in [0.1, 0.15) is 6.07 Å². The Labute approximate surface area is 121 Å². The molecule has 0 aliphatic heterocycles. The molecule has 0 aromatic heterocycles.